The monoisotopic (exact) mass is 343 g/mol. The molecule has 0 saturated heterocycles. The summed E-state index contributed by atoms with van der Waals surface area (Å²) < 4.78 is 7.36. The maximum absolute atomic E-state index is 5.43. The van der Waals surface area contributed by atoms with Gasteiger partial charge in [0.2, 0.25) is 5.82 Å². The lowest BCUT2D eigenvalue weighted by Crippen LogP contribution is -1.91. The Morgan fingerprint density at radius 3 is 2.85 bits per heavy atom. The quantitative estimate of drug-likeness (QED) is 0.539. The van der Waals surface area contributed by atoms with Crippen molar-refractivity contribution in [2.45, 2.75) is 6.42 Å². The molecule has 0 fully saturated rings. The van der Waals surface area contributed by atoms with E-state index in [2.05, 4.69) is 30.3 Å². The third-order valence-electron chi connectivity index (χ3n) is 4.14. The van der Waals surface area contributed by atoms with Crippen LogP contribution in [0.15, 0.2) is 66.0 Å². The van der Waals surface area contributed by atoms with Crippen LogP contribution in [-0.4, -0.2) is 34.7 Å². The standard InChI is InChI=1S/C18H13N7O/c1-3-13(4-2-12(1)7-16-20-10-21-23-16)18-22-17(24-26-18)14-5-6-25-11-19-9-15(25)8-14/h1-6,8-11H,7H2,(H,20,21,23). The van der Waals surface area contributed by atoms with Crippen molar-refractivity contribution in [1.29, 1.82) is 0 Å². The van der Waals surface area contributed by atoms with Crippen molar-refractivity contribution in [2.24, 2.45) is 0 Å². The second-order valence-corrected chi connectivity index (χ2v) is 5.87. The van der Waals surface area contributed by atoms with Crippen molar-refractivity contribution in [3.05, 3.63) is 72.8 Å². The van der Waals surface area contributed by atoms with Crippen LogP contribution in [0.2, 0.25) is 0 Å². The molecule has 0 unspecified atom stereocenters. The van der Waals surface area contributed by atoms with Gasteiger partial charge < -0.3 is 8.92 Å². The van der Waals surface area contributed by atoms with Crippen molar-refractivity contribution in [3.8, 4) is 22.8 Å². The third kappa shape index (κ3) is 2.63. The van der Waals surface area contributed by atoms with E-state index in [9.17, 15) is 0 Å². The van der Waals surface area contributed by atoms with Crippen LogP contribution in [0.5, 0.6) is 0 Å². The van der Waals surface area contributed by atoms with Gasteiger partial charge in [0.25, 0.3) is 5.89 Å². The van der Waals surface area contributed by atoms with Gasteiger partial charge in [-0.3, -0.25) is 5.10 Å². The number of aromatic nitrogens is 7. The minimum Gasteiger partial charge on any atom is -0.334 e. The van der Waals surface area contributed by atoms with Gasteiger partial charge in [-0.15, -0.1) is 0 Å². The molecule has 0 saturated carbocycles. The highest BCUT2D eigenvalue weighted by Gasteiger charge is 2.11. The molecular formula is C18H13N7O. The molecule has 0 bridgehead atoms. The minimum absolute atomic E-state index is 0.486. The smallest absolute Gasteiger partial charge is 0.258 e. The number of H-pyrrole nitrogens is 1. The Balaban J connectivity index is 1.40. The van der Waals surface area contributed by atoms with E-state index in [1.165, 1.54) is 6.33 Å². The highest BCUT2D eigenvalue weighted by molar-refractivity contribution is 5.64. The number of hydrogen-bond acceptors (Lipinski definition) is 6. The Hall–Kier alpha value is -3.81. The summed E-state index contributed by atoms with van der Waals surface area (Å²) in [6.07, 6.45) is 7.66. The Bertz CT molecular complexity index is 1160. The Kier molecular flexibility index (Phi) is 3.31. The molecule has 0 atom stereocenters. The minimum atomic E-state index is 0.486. The molecule has 126 valence electrons. The first-order valence-corrected chi connectivity index (χ1v) is 8.04. The van der Waals surface area contributed by atoms with Crippen LogP contribution in [0.25, 0.3) is 28.4 Å². The molecule has 0 aliphatic heterocycles. The molecular weight excluding hydrogens is 330 g/mol. The van der Waals surface area contributed by atoms with Crippen molar-refractivity contribution >= 4 is 5.52 Å². The molecule has 26 heavy (non-hydrogen) atoms. The number of benzene rings is 1. The maximum atomic E-state index is 5.43. The Morgan fingerprint density at radius 1 is 1.08 bits per heavy atom. The summed E-state index contributed by atoms with van der Waals surface area (Å²) in [5.74, 6) is 1.86. The van der Waals surface area contributed by atoms with E-state index in [1.807, 2.05) is 47.0 Å². The number of pyridine rings is 1. The number of hydrogen-bond donors (Lipinski definition) is 1. The fraction of sp³-hybridized carbons (Fsp3) is 0.0556. The van der Waals surface area contributed by atoms with Gasteiger partial charge in [-0.2, -0.15) is 10.1 Å². The van der Waals surface area contributed by atoms with E-state index in [-0.39, 0.29) is 0 Å². The summed E-state index contributed by atoms with van der Waals surface area (Å²) >= 11 is 0. The van der Waals surface area contributed by atoms with E-state index in [0.717, 1.165) is 28.0 Å². The van der Waals surface area contributed by atoms with Gasteiger partial charge >= 0.3 is 0 Å². The van der Waals surface area contributed by atoms with E-state index < -0.39 is 0 Å². The molecule has 5 rings (SSSR count). The van der Waals surface area contributed by atoms with Gasteiger partial charge in [0.15, 0.2) is 0 Å². The number of nitrogens with one attached hydrogen (secondary N) is 1. The van der Waals surface area contributed by atoms with Gasteiger partial charge in [-0.25, -0.2) is 9.97 Å². The average molecular weight is 343 g/mol. The summed E-state index contributed by atoms with van der Waals surface area (Å²) in [5.41, 5.74) is 3.85. The lowest BCUT2D eigenvalue weighted by molar-refractivity contribution is 0.432. The average Bonchev–Trinajstić information content (AvgIpc) is 3.43. The second kappa shape index (κ2) is 5.92. The highest BCUT2D eigenvalue weighted by atomic mass is 16.5. The number of aromatic amines is 1. The number of nitrogens with zero attached hydrogens (tertiary/aromatic N) is 6. The summed E-state index contributed by atoms with van der Waals surface area (Å²) in [4.78, 5) is 12.8. The van der Waals surface area contributed by atoms with Crippen molar-refractivity contribution < 1.29 is 4.52 Å². The van der Waals surface area contributed by atoms with Crippen LogP contribution in [0, 0.1) is 0 Å². The predicted octanol–water partition coefficient (Wildman–Crippen LogP) is 2.76. The van der Waals surface area contributed by atoms with Gasteiger partial charge in [0.05, 0.1) is 18.0 Å². The molecule has 0 spiro atoms. The second-order valence-electron chi connectivity index (χ2n) is 5.87. The lowest BCUT2D eigenvalue weighted by atomic mass is 10.1. The molecule has 0 aliphatic rings. The van der Waals surface area contributed by atoms with Crippen LogP contribution in [-0.2, 0) is 6.42 Å². The number of rotatable bonds is 4. The summed E-state index contributed by atoms with van der Waals surface area (Å²) in [5, 5.41) is 10.8. The first-order chi connectivity index (χ1) is 12.8. The van der Waals surface area contributed by atoms with Gasteiger partial charge in [-0.1, -0.05) is 17.3 Å². The van der Waals surface area contributed by atoms with Crippen LogP contribution in [0.1, 0.15) is 11.4 Å². The largest absolute Gasteiger partial charge is 0.334 e. The number of imidazole rings is 1. The van der Waals surface area contributed by atoms with Crippen LogP contribution < -0.4 is 0 Å². The van der Waals surface area contributed by atoms with Gasteiger partial charge in [-0.05, 0) is 29.8 Å². The zero-order chi connectivity index (χ0) is 17.3. The zero-order valence-electron chi connectivity index (χ0n) is 13.6. The SMILES string of the molecule is c1n[nH]c(Cc2ccc(-c3nc(-c4ccn5cncc5c4)no3)cc2)n1. The van der Waals surface area contributed by atoms with Crippen molar-refractivity contribution in [2.75, 3.05) is 0 Å². The highest BCUT2D eigenvalue weighted by Crippen LogP contribution is 2.23. The third-order valence-corrected chi connectivity index (χ3v) is 4.14. The van der Waals surface area contributed by atoms with Crippen LogP contribution in [0.3, 0.4) is 0 Å². The molecule has 0 amide bonds. The van der Waals surface area contributed by atoms with Crippen molar-refractivity contribution in [1.82, 2.24) is 34.7 Å². The lowest BCUT2D eigenvalue weighted by Gasteiger charge is -1.99. The summed E-state index contributed by atoms with van der Waals surface area (Å²) in [7, 11) is 0. The summed E-state index contributed by atoms with van der Waals surface area (Å²) in [6, 6.07) is 11.9. The Labute approximate surface area is 147 Å². The predicted molar refractivity (Wildman–Crippen MR) is 93.1 cm³/mol. The van der Waals surface area contributed by atoms with Gasteiger partial charge in [0, 0.05) is 23.7 Å². The van der Waals surface area contributed by atoms with E-state index in [1.54, 1.807) is 12.5 Å². The molecule has 4 aromatic heterocycles. The maximum Gasteiger partial charge on any atom is 0.258 e. The molecule has 5 aromatic rings. The van der Waals surface area contributed by atoms with E-state index >= 15 is 0 Å². The fourth-order valence-electron chi connectivity index (χ4n) is 2.79. The molecule has 0 aliphatic carbocycles. The van der Waals surface area contributed by atoms with E-state index in [0.29, 0.717) is 18.1 Å². The first-order valence-electron chi connectivity index (χ1n) is 8.04. The van der Waals surface area contributed by atoms with Crippen LogP contribution in [0.4, 0.5) is 0 Å². The van der Waals surface area contributed by atoms with Crippen molar-refractivity contribution in [3.63, 3.8) is 0 Å². The fourth-order valence-corrected chi connectivity index (χ4v) is 2.79. The molecule has 1 N–H and O–H groups in total. The Morgan fingerprint density at radius 2 is 2.00 bits per heavy atom. The molecule has 0 radical (unpaired) electrons. The molecule has 8 heteroatoms. The number of fused-ring (bicyclic) bond motifs is 1. The van der Waals surface area contributed by atoms with Crippen LogP contribution >= 0.6 is 0 Å². The topological polar surface area (TPSA) is 97.8 Å². The molecule has 8 nitrogen and oxygen atoms in total. The molecule has 4 heterocycles. The zero-order valence-corrected chi connectivity index (χ0v) is 13.6. The summed E-state index contributed by atoms with van der Waals surface area (Å²) in [6.45, 7) is 0. The van der Waals surface area contributed by atoms with E-state index in [4.69, 9.17) is 4.52 Å². The normalized spacial score (nSPS) is 11.2. The van der Waals surface area contributed by atoms with Gasteiger partial charge in [0.1, 0.15) is 12.2 Å². The molecule has 1 aromatic carbocycles. The first kappa shape index (κ1) is 14.5.